The molecule has 1 heterocycles. The van der Waals surface area contributed by atoms with Gasteiger partial charge in [0.15, 0.2) is 0 Å². The Hall–Kier alpha value is -1.09. The summed E-state index contributed by atoms with van der Waals surface area (Å²) in [4.78, 5) is 4.28. The lowest BCUT2D eigenvalue weighted by Gasteiger charge is -2.06. The topological polar surface area (TPSA) is 48.1 Å². The average Bonchev–Trinajstić information content (AvgIpc) is 2.17. The summed E-state index contributed by atoms with van der Waals surface area (Å²) in [5.74, 6) is 0.693. The maximum atomic E-state index is 5.56. The van der Waals surface area contributed by atoms with Gasteiger partial charge in [0.2, 0.25) is 5.88 Å². The first-order chi connectivity index (χ1) is 6.76. The molecule has 1 aromatic heterocycles. The van der Waals surface area contributed by atoms with Gasteiger partial charge in [-0.25, -0.2) is 4.98 Å². The summed E-state index contributed by atoms with van der Waals surface area (Å²) in [6, 6.07) is 3.88. The van der Waals surface area contributed by atoms with E-state index in [1.54, 1.807) is 0 Å². The Morgan fingerprint density at radius 2 is 2.21 bits per heavy atom. The summed E-state index contributed by atoms with van der Waals surface area (Å²) in [5.41, 5.74) is 7.59. The second-order valence-electron chi connectivity index (χ2n) is 3.36. The Morgan fingerprint density at radius 1 is 1.43 bits per heavy atom. The van der Waals surface area contributed by atoms with E-state index in [0.29, 0.717) is 12.4 Å². The zero-order valence-corrected chi connectivity index (χ0v) is 8.92. The Bertz CT molecular complexity index is 287. The van der Waals surface area contributed by atoms with Crippen LogP contribution in [0.15, 0.2) is 12.1 Å². The van der Waals surface area contributed by atoms with E-state index < -0.39 is 0 Å². The molecule has 0 amide bonds. The number of nitrogens with two attached hydrogens (primary N) is 1. The number of aromatic nitrogens is 1. The molecule has 0 radical (unpaired) electrons. The molecular formula is C11H18N2O. The van der Waals surface area contributed by atoms with Crippen molar-refractivity contribution in [3.8, 4) is 5.88 Å². The highest BCUT2D eigenvalue weighted by molar-refractivity contribution is 5.24. The third-order valence-corrected chi connectivity index (χ3v) is 1.97. The molecule has 0 atom stereocenters. The van der Waals surface area contributed by atoms with E-state index in [9.17, 15) is 0 Å². The lowest BCUT2D eigenvalue weighted by molar-refractivity contribution is 0.297. The molecule has 0 saturated carbocycles. The SMILES string of the molecule is CCCCOc1cc(CN)cc(C)n1. The molecule has 0 spiro atoms. The molecule has 0 aliphatic carbocycles. The summed E-state index contributed by atoms with van der Waals surface area (Å²) in [6.07, 6.45) is 2.20. The predicted molar refractivity (Wildman–Crippen MR) is 57.3 cm³/mol. The Morgan fingerprint density at radius 3 is 2.86 bits per heavy atom. The molecular weight excluding hydrogens is 176 g/mol. The van der Waals surface area contributed by atoms with Crippen LogP contribution in [0.25, 0.3) is 0 Å². The monoisotopic (exact) mass is 194 g/mol. The molecule has 0 aliphatic heterocycles. The van der Waals surface area contributed by atoms with Crippen molar-refractivity contribution in [3.63, 3.8) is 0 Å². The van der Waals surface area contributed by atoms with E-state index in [4.69, 9.17) is 10.5 Å². The first-order valence-corrected chi connectivity index (χ1v) is 5.06. The van der Waals surface area contributed by atoms with Gasteiger partial charge in [-0.3, -0.25) is 0 Å². The fraction of sp³-hybridized carbons (Fsp3) is 0.545. The Kier molecular flexibility index (Phi) is 4.40. The van der Waals surface area contributed by atoms with Crippen LogP contribution in [0.2, 0.25) is 0 Å². The fourth-order valence-electron chi connectivity index (χ4n) is 1.22. The number of nitrogens with zero attached hydrogens (tertiary/aromatic N) is 1. The van der Waals surface area contributed by atoms with Gasteiger partial charge in [-0.05, 0) is 25.0 Å². The molecule has 0 bridgehead atoms. The standard InChI is InChI=1S/C11H18N2O/c1-3-4-5-14-11-7-10(8-12)6-9(2)13-11/h6-7H,3-5,8,12H2,1-2H3. The number of aryl methyl sites for hydroxylation is 1. The zero-order valence-electron chi connectivity index (χ0n) is 8.92. The van der Waals surface area contributed by atoms with E-state index in [1.165, 1.54) is 0 Å². The van der Waals surface area contributed by atoms with Crippen molar-refractivity contribution in [2.75, 3.05) is 6.61 Å². The van der Waals surface area contributed by atoms with Crippen molar-refractivity contribution < 1.29 is 4.74 Å². The first-order valence-electron chi connectivity index (χ1n) is 5.06. The molecule has 78 valence electrons. The number of hydrogen-bond acceptors (Lipinski definition) is 3. The van der Waals surface area contributed by atoms with Crippen molar-refractivity contribution in [2.45, 2.75) is 33.2 Å². The van der Waals surface area contributed by atoms with Crippen molar-refractivity contribution in [2.24, 2.45) is 5.73 Å². The van der Waals surface area contributed by atoms with Crippen LogP contribution in [0.1, 0.15) is 31.0 Å². The van der Waals surface area contributed by atoms with Crippen molar-refractivity contribution >= 4 is 0 Å². The van der Waals surface area contributed by atoms with Crippen LogP contribution in [-0.4, -0.2) is 11.6 Å². The van der Waals surface area contributed by atoms with Crippen LogP contribution < -0.4 is 10.5 Å². The summed E-state index contributed by atoms with van der Waals surface area (Å²) < 4.78 is 5.50. The third kappa shape index (κ3) is 3.34. The quantitative estimate of drug-likeness (QED) is 0.729. The molecule has 14 heavy (non-hydrogen) atoms. The number of ether oxygens (including phenoxy) is 1. The minimum Gasteiger partial charge on any atom is -0.478 e. The van der Waals surface area contributed by atoms with E-state index in [-0.39, 0.29) is 0 Å². The minimum absolute atomic E-state index is 0.535. The molecule has 3 heteroatoms. The molecule has 0 unspecified atom stereocenters. The first kappa shape index (κ1) is 11.0. The Balaban J connectivity index is 2.62. The summed E-state index contributed by atoms with van der Waals surface area (Å²) >= 11 is 0. The van der Waals surface area contributed by atoms with Crippen LogP contribution in [0.5, 0.6) is 5.88 Å². The van der Waals surface area contributed by atoms with Crippen molar-refractivity contribution in [1.82, 2.24) is 4.98 Å². The number of pyridine rings is 1. The van der Waals surface area contributed by atoms with Gasteiger partial charge in [-0.15, -0.1) is 0 Å². The summed E-state index contributed by atoms with van der Waals surface area (Å²) in [6.45, 7) is 5.36. The van der Waals surface area contributed by atoms with Gasteiger partial charge in [0, 0.05) is 18.3 Å². The summed E-state index contributed by atoms with van der Waals surface area (Å²) in [5, 5.41) is 0. The summed E-state index contributed by atoms with van der Waals surface area (Å²) in [7, 11) is 0. The van der Waals surface area contributed by atoms with Crippen LogP contribution in [0.4, 0.5) is 0 Å². The lowest BCUT2D eigenvalue weighted by Crippen LogP contribution is -2.02. The van der Waals surface area contributed by atoms with Gasteiger partial charge in [-0.2, -0.15) is 0 Å². The van der Waals surface area contributed by atoms with Crippen molar-refractivity contribution in [3.05, 3.63) is 23.4 Å². The number of unbranched alkanes of at least 4 members (excludes halogenated alkanes) is 1. The molecule has 0 aromatic carbocycles. The molecule has 2 N–H and O–H groups in total. The van der Waals surface area contributed by atoms with Gasteiger partial charge < -0.3 is 10.5 Å². The second-order valence-corrected chi connectivity index (χ2v) is 3.36. The zero-order chi connectivity index (χ0) is 10.4. The van der Waals surface area contributed by atoms with Gasteiger partial charge in [0.1, 0.15) is 0 Å². The van der Waals surface area contributed by atoms with E-state index in [1.807, 2.05) is 19.1 Å². The predicted octanol–water partition coefficient (Wildman–Crippen LogP) is 2.03. The van der Waals surface area contributed by atoms with Crippen LogP contribution in [-0.2, 0) is 6.54 Å². The highest BCUT2D eigenvalue weighted by Crippen LogP contribution is 2.12. The number of hydrogen-bond donors (Lipinski definition) is 1. The van der Waals surface area contributed by atoms with Crippen LogP contribution in [0, 0.1) is 6.92 Å². The van der Waals surface area contributed by atoms with Crippen LogP contribution in [0.3, 0.4) is 0 Å². The molecule has 1 aromatic rings. The lowest BCUT2D eigenvalue weighted by atomic mass is 10.2. The molecule has 0 aliphatic rings. The molecule has 0 saturated heterocycles. The number of rotatable bonds is 5. The van der Waals surface area contributed by atoms with E-state index >= 15 is 0 Å². The molecule has 3 nitrogen and oxygen atoms in total. The largest absolute Gasteiger partial charge is 0.478 e. The van der Waals surface area contributed by atoms with Gasteiger partial charge >= 0.3 is 0 Å². The Labute approximate surface area is 85.3 Å². The maximum absolute atomic E-state index is 5.56. The van der Waals surface area contributed by atoms with E-state index in [0.717, 1.165) is 30.7 Å². The van der Waals surface area contributed by atoms with Gasteiger partial charge in [0.05, 0.1) is 6.61 Å². The van der Waals surface area contributed by atoms with Gasteiger partial charge in [0.25, 0.3) is 0 Å². The normalized spacial score (nSPS) is 10.2. The smallest absolute Gasteiger partial charge is 0.213 e. The van der Waals surface area contributed by atoms with Crippen LogP contribution >= 0.6 is 0 Å². The minimum atomic E-state index is 0.535. The van der Waals surface area contributed by atoms with E-state index in [2.05, 4.69) is 11.9 Å². The highest BCUT2D eigenvalue weighted by atomic mass is 16.5. The second kappa shape index (κ2) is 5.60. The molecule has 1 rings (SSSR count). The molecule has 0 fully saturated rings. The fourth-order valence-corrected chi connectivity index (χ4v) is 1.22. The van der Waals surface area contributed by atoms with Crippen molar-refractivity contribution in [1.29, 1.82) is 0 Å². The van der Waals surface area contributed by atoms with Gasteiger partial charge in [-0.1, -0.05) is 13.3 Å². The highest BCUT2D eigenvalue weighted by Gasteiger charge is 1.99. The third-order valence-electron chi connectivity index (χ3n) is 1.97. The maximum Gasteiger partial charge on any atom is 0.213 e. The average molecular weight is 194 g/mol.